The second-order valence-electron chi connectivity index (χ2n) is 15.0. The van der Waals surface area contributed by atoms with Crippen molar-refractivity contribution in [3.63, 3.8) is 0 Å². The van der Waals surface area contributed by atoms with Crippen LogP contribution in [0.5, 0.6) is 23.0 Å². The first-order chi connectivity index (χ1) is 28.5. The average molecular weight is 829 g/mol. The van der Waals surface area contributed by atoms with Crippen molar-refractivity contribution in [2.24, 2.45) is 0 Å². The molecule has 3 aromatic carbocycles. The van der Waals surface area contributed by atoms with Gasteiger partial charge in [-0.25, -0.2) is 0 Å². The topological polar surface area (TPSA) is 213 Å². The molecule has 1 fully saturated rings. The highest BCUT2D eigenvalue weighted by molar-refractivity contribution is 5.98. The number of nitrogens with one attached hydrogen (secondary N) is 3. The van der Waals surface area contributed by atoms with Crippen molar-refractivity contribution in [1.29, 1.82) is 0 Å². The molecule has 0 saturated carbocycles. The quantitative estimate of drug-likeness (QED) is 0.269. The third kappa shape index (κ3) is 10.5. The van der Waals surface area contributed by atoms with E-state index in [4.69, 9.17) is 14.2 Å². The molecule has 4 N–H and O–H groups in total. The van der Waals surface area contributed by atoms with Crippen LogP contribution in [0.4, 0.5) is 0 Å². The lowest BCUT2D eigenvalue weighted by molar-refractivity contribution is -0.149. The SMILES string of the molecule is COc1ccc(CC2C(=O)NC(C)C(=O)N(C)C3Cc4ccc(cc4)Oc4cc(ccc4OC)CC(C(=O)NC(C)C(=O)NC(CCC(=O)O)C(=O)N2C)N(C)C3=O)cc1. The second-order valence-corrected chi connectivity index (χ2v) is 15.0. The van der Waals surface area contributed by atoms with Gasteiger partial charge in [-0.15, -0.1) is 0 Å². The molecule has 0 radical (unpaired) electrons. The smallest absolute Gasteiger partial charge is 0.303 e. The van der Waals surface area contributed by atoms with Crippen LogP contribution in [-0.4, -0.2) is 133 Å². The molecule has 6 atom stereocenters. The molecule has 3 aliphatic heterocycles. The summed E-state index contributed by atoms with van der Waals surface area (Å²) >= 11 is 0. The fourth-order valence-corrected chi connectivity index (χ4v) is 7.20. The number of aliphatic carboxylic acids is 1. The monoisotopic (exact) mass is 828 g/mol. The molecule has 6 rings (SSSR count). The molecule has 0 aliphatic carbocycles. The molecule has 6 amide bonds. The first-order valence-corrected chi connectivity index (χ1v) is 19.5. The lowest BCUT2D eigenvalue weighted by Gasteiger charge is -2.37. The van der Waals surface area contributed by atoms with Gasteiger partial charge in [0.25, 0.3) is 0 Å². The fourth-order valence-electron chi connectivity index (χ4n) is 7.20. The number of carboxylic acids is 1. The van der Waals surface area contributed by atoms with Gasteiger partial charge in [0.05, 0.1) is 14.2 Å². The van der Waals surface area contributed by atoms with Crippen LogP contribution in [0.2, 0.25) is 0 Å². The zero-order valence-corrected chi connectivity index (χ0v) is 34.7. The maximum Gasteiger partial charge on any atom is 0.303 e. The number of nitrogens with zero attached hydrogens (tertiary/aromatic N) is 3. The van der Waals surface area contributed by atoms with E-state index < -0.39 is 84.1 Å². The summed E-state index contributed by atoms with van der Waals surface area (Å²) < 4.78 is 17.0. The number of fused-ring (bicyclic) bond motifs is 2. The van der Waals surface area contributed by atoms with Crippen molar-refractivity contribution in [1.82, 2.24) is 30.7 Å². The van der Waals surface area contributed by atoms with Gasteiger partial charge in [0.2, 0.25) is 35.4 Å². The van der Waals surface area contributed by atoms with Gasteiger partial charge in [-0.05, 0) is 73.4 Å². The Morgan fingerprint density at radius 2 is 1.32 bits per heavy atom. The van der Waals surface area contributed by atoms with Crippen molar-refractivity contribution >= 4 is 41.4 Å². The van der Waals surface area contributed by atoms with Crippen LogP contribution in [-0.2, 0) is 52.8 Å². The summed E-state index contributed by atoms with van der Waals surface area (Å²) in [5.74, 6) is -3.67. The van der Waals surface area contributed by atoms with Gasteiger partial charge in [-0.3, -0.25) is 33.6 Å². The third-order valence-electron chi connectivity index (χ3n) is 10.9. The lowest BCUT2D eigenvalue weighted by Crippen LogP contribution is -2.62. The van der Waals surface area contributed by atoms with Crippen LogP contribution in [0.1, 0.15) is 43.4 Å². The first kappa shape index (κ1) is 44.5. The molecule has 17 nitrogen and oxygen atoms in total. The molecule has 3 aliphatic rings. The molecule has 1 saturated heterocycles. The number of amides is 6. The van der Waals surface area contributed by atoms with Crippen LogP contribution in [0.3, 0.4) is 0 Å². The van der Waals surface area contributed by atoms with Gasteiger partial charge in [-0.2, -0.15) is 0 Å². The number of methoxy groups -OCH3 is 2. The predicted molar refractivity (Wildman–Crippen MR) is 217 cm³/mol. The molecule has 0 spiro atoms. The summed E-state index contributed by atoms with van der Waals surface area (Å²) in [7, 11) is 7.22. The molecule has 320 valence electrons. The Bertz CT molecular complexity index is 2090. The molecule has 17 heteroatoms. The summed E-state index contributed by atoms with van der Waals surface area (Å²) in [5, 5.41) is 17.5. The lowest BCUT2D eigenvalue weighted by atomic mass is 9.98. The largest absolute Gasteiger partial charge is 0.497 e. The highest BCUT2D eigenvalue weighted by Gasteiger charge is 2.40. The van der Waals surface area contributed by atoms with E-state index in [2.05, 4.69) is 16.0 Å². The van der Waals surface area contributed by atoms with E-state index >= 15 is 0 Å². The number of carboxylic acid groups (broad SMARTS) is 1. The average Bonchev–Trinajstić information content (AvgIpc) is 3.23. The summed E-state index contributed by atoms with van der Waals surface area (Å²) in [6, 6.07) is 11.2. The molecule has 6 unspecified atom stereocenters. The zero-order chi connectivity index (χ0) is 43.8. The maximum atomic E-state index is 14.7. The minimum atomic E-state index is -1.43. The zero-order valence-electron chi connectivity index (χ0n) is 34.7. The molecule has 0 aromatic heterocycles. The van der Waals surface area contributed by atoms with E-state index in [1.54, 1.807) is 66.7 Å². The number of rotatable bonds is 7. The molecule has 3 aromatic rings. The van der Waals surface area contributed by atoms with Crippen LogP contribution in [0.15, 0.2) is 66.7 Å². The van der Waals surface area contributed by atoms with Crippen LogP contribution >= 0.6 is 0 Å². The van der Waals surface area contributed by atoms with E-state index in [1.165, 1.54) is 59.0 Å². The highest BCUT2D eigenvalue weighted by Crippen LogP contribution is 2.34. The number of hydrogen-bond acceptors (Lipinski definition) is 10. The minimum absolute atomic E-state index is 0.0171. The van der Waals surface area contributed by atoms with Crippen molar-refractivity contribution in [2.45, 2.75) is 82.2 Å². The molecular weight excluding hydrogens is 777 g/mol. The number of ether oxygens (including phenoxy) is 3. The Morgan fingerprint density at radius 1 is 0.700 bits per heavy atom. The van der Waals surface area contributed by atoms with Gasteiger partial charge in [0.15, 0.2) is 11.5 Å². The van der Waals surface area contributed by atoms with E-state index in [0.717, 1.165) is 4.90 Å². The van der Waals surface area contributed by atoms with E-state index in [9.17, 15) is 38.7 Å². The summed E-state index contributed by atoms with van der Waals surface area (Å²) in [6.07, 6.45) is -0.927. The van der Waals surface area contributed by atoms with Gasteiger partial charge in [0, 0.05) is 46.8 Å². The minimum Gasteiger partial charge on any atom is -0.497 e. The normalized spacial score (nSPS) is 23.4. The van der Waals surface area contributed by atoms with E-state index in [0.29, 0.717) is 39.7 Å². The number of carbonyl (C=O) groups excluding carboxylic acids is 6. The predicted octanol–water partition coefficient (Wildman–Crippen LogP) is 1.69. The van der Waals surface area contributed by atoms with Crippen LogP contribution < -0.4 is 30.2 Å². The number of carbonyl (C=O) groups is 7. The van der Waals surface area contributed by atoms with Gasteiger partial charge >= 0.3 is 5.97 Å². The summed E-state index contributed by atoms with van der Waals surface area (Å²) in [6.45, 7) is 2.84. The van der Waals surface area contributed by atoms with E-state index in [-0.39, 0.29) is 25.7 Å². The maximum absolute atomic E-state index is 14.7. The summed E-state index contributed by atoms with van der Waals surface area (Å²) in [5.41, 5.74) is 1.86. The first-order valence-electron chi connectivity index (χ1n) is 19.5. The van der Waals surface area contributed by atoms with Gasteiger partial charge < -0.3 is 50.0 Å². The second kappa shape index (κ2) is 19.4. The molecule has 60 heavy (non-hydrogen) atoms. The van der Waals surface area contributed by atoms with E-state index in [1.807, 2.05) is 0 Å². The molecular formula is C43H52N6O11. The van der Waals surface area contributed by atoms with Crippen molar-refractivity contribution < 1.29 is 52.9 Å². The Morgan fingerprint density at radius 3 is 1.95 bits per heavy atom. The number of benzene rings is 3. The highest BCUT2D eigenvalue weighted by atomic mass is 16.5. The van der Waals surface area contributed by atoms with Gasteiger partial charge in [-0.1, -0.05) is 30.3 Å². The Hall–Kier alpha value is -6.65. The molecule has 6 bridgehead atoms. The van der Waals surface area contributed by atoms with Crippen LogP contribution in [0.25, 0.3) is 0 Å². The van der Waals surface area contributed by atoms with Gasteiger partial charge in [0.1, 0.15) is 47.8 Å². The van der Waals surface area contributed by atoms with Crippen molar-refractivity contribution in [3.8, 4) is 23.0 Å². The standard InChI is InChI=1S/C43H52N6O11/c1-24-38(52)46-31(17-19-37(50)51)42(56)47(3)32(20-26-8-13-29(58-6)14-9-26)40(54)45-25(2)41(55)49(5)34-21-27-10-15-30(16-11-27)60-36-23-28(12-18-35(36)59-7)22-33(39(53)44-24)48(4)43(34)57/h8-16,18,23-25,31-34H,17,19-22H2,1-7H3,(H,44,53)(H,45,54)(H,46,52)(H,50,51). The van der Waals surface area contributed by atoms with Crippen molar-refractivity contribution in [3.05, 3.63) is 83.4 Å². The number of hydrogen-bond donors (Lipinski definition) is 4. The molecule has 3 heterocycles. The number of likely N-dealkylation sites (N-methyl/N-ethyl adjacent to an activating group) is 3. The third-order valence-corrected chi connectivity index (χ3v) is 10.9. The fraction of sp³-hybridized carbons (Fsp3) is 0.419. The Kier molecular flexibility index (Phi) is 14.4. The van der Waals surface area contributed by atoms with Crippen molar-refractivity contribution in [2.75, 3.05) is 35.4 Å². The van der Waals surface area contributed by atoms with Crippen LogP contribution in [0, 0.1) is 0 Å². The summed E-state index contributed by atoms with van der Waals surface area (Å²) in [4.78, 5) is 101. The Balaban J connectivity index is 1.61. The Labute approximate surface area is 348 Å².